The SMILES string of the molecule is O=C([O-])c1ccc(/C=N\NC(=O)c2ccc3nc[nH]c3c2)cc1. The van der Waals surface area contributed by atoms with Gasteiger partial charge in [0.1, 0.15) is 0 Å². The van der Waals surface area contributed by atoms with Crippen molar-refractivity contribution in [2.45, 2.75) is 0 Å². The summed E-state index contributed by atoms with van der Waals surface area (Å²) in [5.41, 5.74) is 5.13. The van der Waals surface area contributed by atoms with Crippen LogP contribution in [0.4, 0.5) is 0 Å². The number of carbonyl (C=O) groups excluding carboxylic acids is 2. The Labute approximate surface area is 130 Å². The Hall–Kier alpha value is -3.48. The lowest BCUT2D eigenvalue weighted by atomic mass is 10.1. The number of hydrogen-bond donors (Lipinski definition) is 2. The van der Waals surface area contributed by atoms with Gasteiger partial charge in [0.15, 0.2) is 0 Å². The molecule has 0 bridgehead atoms. The van der Waals surface area contributed by atoms with Gasteiger partial charge in [-0.2, -0.15) is 5.10 Å². The van der Waals surface area contributed by atoms with E-state index < -0.39 is 5.97 Å². The quantitative estimate of drug-likeness (QED) is 0.545. The molecule has 0 unspecified atom stereocenters. The van der Waals surface area contributed by atoms with E-state index in [0.29, 0.717) is 11.1 Å². The second kappa shape index (κ2) is 6.10. The number of hydrazone groups is 1. The van der Waals surface area contributed by atoms with E-state index in [9.17, 15) is 14.7 Å². The number of benzene rings is 2. The third-order valence-electron chi connectivity index (χ3n) is 3.21. The zero-order valence-electron chi connectivity index (χ0n) is 11.8. The molecule has 2 N–H and O–H groups in total. The van der Waals surface area contributed by atoms with E-state index in [2.05, 4.69) is 20.5 Å². The first-order valence-electron chi connectivity index (χ1n) is 6.71. The number of amides is 1. The van der Waals surface area contributed by atoms with Crippen molar-refractivity contribution in [2.24, 2.45) is 5.10 Å². The number of hydrogen-bond acceptors (Lipinski definition) is 5. The van der Waals surface area contributed by atoms with Gasteiger partial charge in [0.25, 0.3) is 5.91 Å². The molecule has 2 aromatic carbocycles. The molecule has 0 atom stereocenters. The minimum atomic E-state index is -1.24. The van der Waals surface area contributed by atoms with Crippen LogP contribution in [-0.4, -0.2) is 28.1 Å². The largest absolute Gasteiger partial charge is 0.545 e. The molecule has 0 fully saturated rings. The lowest BCUT2D eigenvalue weighted by Gasteiger charge is -2.02. The van der Waals surface area contributed by atoms with Gasteiger partial charge in [0.2, 0.25) is 0 Å². The number of fused-ring (bicyclic) bond motifs is 1. The highest BCUT2D eigenvalue weighted by Gasteiger charge is 2.06. The van der Waals surface area contributed by atoms with E-state index in [4.69, 9.17) is 0 Å². The maximum atomic E-state index is 12.0. The minimum Gasteiger partial charge on any atom is -0.545 e. The van der Waals surface area contributed by atoms with Crippen molar-refractivity contribution < 1.29 is 14.7 Å². The first kappa shape index (κ1) is 14.5. The zero-order chi connectivity index (χ0) is 16.2. The number of aromatic carboxylic acids is 1. The Morgan fingerprint density at radius 1 is 1.13 bits per heavy atom. The summed E-state index contributed by atoms with van der Waals surface area (Å²) < 4.78 is 0. The van der Waals surface area contributed by atoms with Crippen LogP contribution in [0.1, 0.15) is 26.3 Å². The summed E-state index contributed by atoms with van der Waals surface area (Å²) in [5, 5.41) is 14.5. The molecule has 0 radical (unpaired) electrons. The number of H-pyrrole nitrogens is 1. The number of carboxylic acid groups (broad SMARTS) is 1. The summed E-state index contributed by atoms with van der Waals surface area (Å²) in [5.74, 6) is -1.60. The molecule has 3 rings (SSSR count). The molecule has 3 aromatic rings. The Morgan fingerprint density at radius 2 is 1.87 bits per heavy atom. The third kappa shape index (κ3) is 3.24. The number of nitrogens with one attached hydrogen (secondary N) is 2. The molecule has 1 aromatic heterocycles. The van der Waals surface area contributed by atoms with Crippen molar-refractivity contribution in [1.82, 2.24) is 15.4 Å². The van der Waals surface area contributed by atoms with Gasteiger partial charge in [-0.15, -0.1) is 0 Å². The lowest BCUT2D eigenvalue weighted by molar-refractivity contribution is -0.255. The van der Waals surface area contributed by atoms with Crippen LogP contribution in [-0.2, 0) is 0 Å². The fourth-order valence-corrected chi connectivity index (χ4v) is 2.01. The molecule has 1 heterocycles. The van der Waals surface area contributed by atoms with Gasteiger partial charge in [-0.1, -0.05) is 24.3 Å². The number of nitrogens with zero attached hydrogens (tertiary/aromatic N) is 2. The van der Waals surface area contributed by atoms with Gasteiger partial charge in [-0.3, -0.25) is 4.79 Å². The second-order valence-electron chi connectivity index (χ2n) is 4.74. The summed E-state index contributed by atoms with van der Waals surface area (Å²) in [4.78, 5) is 29.6. The molecule has 0 aliphatic carbocycles. The second-order valence-corrected chi connectivity index (χ2v) is 4.74. The van der Waals surface area contributed by atoms with Gasteiger partial charge in [0.05, 0.1) is 29.5 Å². The van der Waals surface area contributed by atoms with E-state index >= 15 is 0 Å². The number of aromatic amines is 1. The van der Waals surface area contributed by atoms with Crippen molar-refractivity contribution >= 4 is 29.1 Å². The molecule has 114 valence electrons. The van der Waals surface area contributed by atoms with Crippen LogP contribution in [0.2, 0.25) is 0 Å². The summed E-state index contributed by atoms with van der Waals surface area (Å²) >= 11 is 0. The molecule has 7 nitrogen and oxygen atoms in total. The standard InChI is InChI=1S/C16H12N4O3/c21-15(12-5-6-13-14(7-12)18-9-17-13)20-19-8-10-1-3-11(4-2-10)16(22)23/h1-9H,(H,17,18)(H,20,21)(H,22,23)/p-1/b19-8-. The average Bonchev–Trinajstić information content (AvgIpc) is 3.02. The lowest BCUT2D eigenvalue weighted by Crippen LogP contribution is -2.22. The van der Waals surface area contributed by atoms with E-state index in [1.165, 1.54) is 18.3 Å². The van der Waals surface area contributed by atoms with Crippen molar-refractivity contribution in [2.75, 3.05) is 0 Å². The van der Waals surface area contributed by atoms with Crippen molar-refractivity contribution in [3.05, 3.63) is 65.5 Å². The van der Waals surface area contributed by atoms with E-state index in [0.717, 1.165) is 11.0 Å². The van der Waals surface area contributed by atoms with Crippen LogP contribution in [0.5, 0.6) is 0 Å². The van der Waals surface area contributed by atoms with Crippen LogP contribution in [0.25, 0.3) is 11.0 Å². The summed E-state index contributed by atoms with van der Waals surface area (Å²) in [7, 11) is 0. The van der Waals surface area contributed by atoms with Gasteiger partial charge in [-0.05, 0) is 29.3 Å². The molecule has 0 aliphatic heterocycles. The molecular formula is C16H11N4O3-. The minimum absolute atomic E-state index is 0.0824. The molecule has 7 heteroatoms. The number of aromatic nitrogens is 2. The van der Waals surface area contributed by atoms with Crippen molar-refractivity contribution in [3.63, 3.8) is 0 Å². The van der Waals surface area contributed by atoms with Crippen LogP contribution < -0.4 is 10.5 Å². The third-order valence-corrected chi connectivity index (χ3v) is 3.21. The first-order valence-corrected chi connectivity index (χ1v) is 6.71. The smallest absolute Gasteiger partial charge is 0.271 e. The normalized spacial score (nSPS) is 11.0. The number of rotatable bonds is 4. The zero-order valence-corrected chi connectivity index (χ0v) is 11.8. The molecule has 0 saturated carbocycles. The summed E-state index contributed by atoms with van der Waals surface area (Å²) in [6.45, 7) is 0. The monoisotopic (exact) mass is 307 g/mol. The predicted molar refractivity (Wildman–Crippen MR) is 81.9 cm³/mol. The van der Waals surface area contributed by atoms with Gasteiger partial charge in [-0.25, -0.2) is 10.4 Å². The van der Waals surface area contributed by atoms with Crippen molar-refractivity contribution in [3.8, 4) is 0 Å². The molecular weight excluding hydrogens is 296 g/mol. The van der Waals surface area contributed by atoms with Crippen molar-refractivity contribution in [1.29, 1.82) is 0 Å². The maximum Gasteiger partial charge on any atom is 0.271 e. The molecule has 0 spiro atoms. The topological polar surface area (TPSA) is 110 Å². The molecule has 23 heavy (non-hydrogen) atoms. The highest BCUT2D eigenvalue weighted by molar-refractivity contribution is 5.97. The predicted octanol–water partition coefficient (Wildman–Crippen LogP) is 0.690. The van der Waals surface area contributed by atoms with E-state index in [1.807, 2.05) is 0 Å². The average molecular weight is 307 g/mol. The fraction of sp³-hybridized carbons (Fsp3) is 0. The Morgan fingerprint density at radius 3 is 2.61 bits per heavy atom. The van der Waals surface area contributed by atoms with Crippen LogP contribution in [0.15, 0.2) is 53.9 Å². The molecule has 0 saturated heterocycles. The van der Waals surface area contributed by atoms with Crippen LogP contribution in [0.3, 0.4) is 0 Å². The van der Waals surface area contributed by atoms with Gasteiger partial charge in [0, 0.05) is 5.56 Å². The number of imidazole rings is 1. The van der Waals surface area contributed by atoms with Crippen LogP contribution >= 0.6 is 0 Å². The molecule has 1 amide bonds. The fourth-order valence-electron chi connectivity index (χ4n) is 2.01. The first-order chi connectivity index (χ1) is 11.1. The van der Waals surface area contributed by atoms with E-state index in [-0.39, 0.29) is 11.5 Å². The van der Waals surface area contributed by atoms with Gasteiger partial charge >= 0.3 is 0 Å². The number of carbonyl (C=O) groups is 2. The Balaban J connectivity index is 1.66. The Bertz CT molecular complexity index is 897. The maximum absolute atomic E-state index is 12.0. The van der Waals surface area contributed by atoms with E-state index in [1.54, 1.807) is 36.7 Å². The highest BCUT2D eigenvalue weighted by atomic mass is 16.4. The summed E-state index contributed by atoms with van der Waals surface area (Å²) in [6, 6.07) is 11.0. The number of carboxylic acids is 1. The summed E-state index contributed by atoms with van der Waals surface area (Å²) in [6.07, 6.45) is 2.98. The molecule has 0 aliphatic rings. The van der Waals surface area contributed by atoms with Crippen LogP contribution in [0, 0.1) is 0 Å². The highest BCUT2D eigenvalue weighted by Crippen LogP contribution is 2.11. The van der Waals surface area contributed by atoms with Gasteiger partial charge < -0.3 is 14.9 Å². The Kier molecular flexibility index (Phi) is 3.84.